The fourth-order valence-electron chi connectivity index (χ4n) is 3.30. The number of hydrogen-bond acceptors (Lipinski definition) is 4. The van der Waals surface area contributed by atoms with Gasteiger partial charge < -0.3 is 10.1 Å². The molecule has 0 aromatic carbocycles. The van der Waals surface area contributed by atoms with Crippen molar-refractivity contribution in [3.05, 3.63) is 23.9 Å². The lowest BCUT2D eigenvalue weighted by atomic mass is 9.88. The minimum Gasteiger partial charge on any atom is -0.481 e. The molecule has 23 heavy (non-hydrogen) atoms. The molecule has 0 radical (unpaired) electrons. The smallest absolute Gasteiger partial charge is 0.252 e. The Kier molecular flexibility index (Phi) is 5.63. The second-order valence-electron chi connectivity index (χ2n) is 7.44. The molecule has 128 valence electrons. The van der Waals surface area contributed by atoms with Crippen LogP contribution in [0.2, 0.25) is 0 Å². The molecule has 0 bridgehead atoms. The van der Waals surface area contributed by atoms with Crippen molar-refractivity contribution in [1.29, 1.82) is 0 Å². The number of likely N-dealkylation sites (tertiary alicyclic amines) is 1. The second kappa shape index (κ2) is 7.30. The van der Waals surface area contributed by atoms with Crippen molar-refractivity contribution in [2.45, 2.75) is 39.7 Å². The lowest BCUT2D eigenvalue weighted by Gasteiger charge is -2.45. The molecule has 2 rings (SSSR count). The van der Waals surface area contributed by atoms with Gasteiger partial charge in [-0.2, -0.15) is 0 Å². The topological polar surface area (TPSA) is 54.5 Å². The average Bonchev–Trinajstić information content (AvgIpc) is 2.52. The monoisotopic (exact) mass is 319 g/mol. The first-order valence-corrected chi connectivity index (χ1v) is 8.35. The van der Waals surface area contributed by atoms with Crippen molar-refractivity contribution in [3.8, 4) is 5.88 Å². The average molecular weight is 319 g/mol. The Labute approximate surface area is 139 Å². The third-order valence-electron chi connectivity index (χ3n) is 4.61. The number of aromatic nitrogens is 1. The molecule has 0 aliphatic carbocycles. The Morgan fingerprint density at radius 1 is 1.35 bits per heavy atom. The first kappa shape index (κ1) is 17.7. The normalized spacial score (nSPS) is 22.7. The molecule has 1 aliphatic rings. The molecule has 2 unspecified atom stereocenters. The van der Waals surface area contributed by atoms with Gasteiger partial charge in [0.1, 0.15) is 0 Å². The lowest BCUT2D eigenvalue weighted by molar-refractivity contribution is 0.0445. The summed E-state index contributed by atoms with van der Waals surface area (Å²) in [6.07, 6.45) is 2.84. The van der Waals surface area contributed by atoms with Crippen molar-refractivity contribution in [2.24, 2.45) is 11.8 Å². The highest BCUT2D eigenvalue weighted by molar-refractivity contribution is 5.93. The second-order valence-corrected chi connectivity index (χ2v) is 7.44. The summed E-state index contributed by atoms with van der Waals surface area (Å²) < 4.78 is 5.01. The summed E-state index contributed by atoms with van der Waals surface area (Å²) in [6, 6.07) is 3.44. The highest BCUT2D eigenvalue weighted by atomic mass is 16.5. The third kappa shape index (κ3) is 4.67. The van der Waals surface area contributed by atoms with Crippen LogP contribution in [0.1, 0.15) is 44.5 Å². The van der Waals surface area contributed by atoms with Crippen LogP contribution in [0.4, 0.5) is 0 Å². The van der Waals surface area contributed by atoms with E-state index in [1.165, 1.54) is 6.42 Å². The van der Waals surface area contributed by atoms with Crippen LogP contribution in [0.25, 0.3) is 0 Å². The van der Waals surface area contributed by atoms with Crippen LogP contribution in [-0.2, 0) is 0 Å². The number of nitrogens with one attached hydrogen (secondary N) is 1. The van der Waals surface area contributed by atoms with E-state index in [0.29, 0.717) is 29.8 Å². The molecule has 1 amide bonds. The molecule has 2 heterocycles. The molecule has 1 N–H and O–H groups in total. The van der Waals surface area contributed by atoms with Gasteiger partial charge in [-0.1, -0.05) is 13.8 Å². The molecule has 1 aromatic rings. The number of carbonyl (C=O) groups is 1. The largest absolute Gasteiger partial charge is 0.481 e. The fourth-order valence-corrected chi connectivity index (χ4v) is 3.30. The summed E-state index contributed by atoms with van der Waals surface area (Å²) in [5.74, 6) is 1.84. The van der Waals surface area contributed by atoms with Crippen molar-refractivity contribution in [1.82, 2.24) is 15.2 Å². The van der Waals surface area contributed by atoms with Gasteiger partial charge in [0.15, 0.2) is 0 Å². The standard InChI is InChI=1S/C18H29N3O2/c1-13-8-14(2)11-21(10-13)18(3,4)12-20-17(22)15-6-7-16(23-5)19-9-15/h6-7,9,13-14H,8,10-12H2,1-5H3,(H,20,22). The van der Waals surface area contributed by atoms with Gasteiger partial charge in [0.05, 0.1) is 12.7 Å². The number of methoxy groups -OCH3 is 1. The zero-order chi connectivity index (χ0) is 17.0. The number of carbonyl (C=O) groups excluding carboxylic acids is 1. The summed E-state index contributed by atoms with van der Waals surface area (Å²) in [5, 5.41) is 3.04. The third-order valence-corrected chi connectivity index (χ3v) is 4.61. The predicted octanol–water partition coefficient (Wildman–Crippen LogP) is 2.58. The van der Waals surface area contributed by atoms with E-state index >= 15 is 0 Å². The molecule has 1 saturated heterocycles. The molecular weight excluding hydrogens is 290 g/mol. The molecule has 0 saturated carbocycles. The van der Waals surface area contributed by atoms with E-state index in [0.717, 1.165) is 13.1 Å². The quantitative estimate of drug-likeness (QED) is 0.906. The minimum absolute atomic E-state index is 0.0570. The zero-order valence-corrected chi connectivity index (χ0v) is 14.9. The van der Waals surface area contributed by atoms with Gasteiger partial charge in [-0.05, 0) is 38.2 Å². The van der Waals surface area contributed by atoms with Crippen LogP contribution in [0, 0.1) is 11.8 Å². The van der Waals surface area contributed by atoms with E-state index in [1.54, 1.807) is 25.4 Å². The van der Waals surface area contributed by atoms with Gasteiger partial charge in [0.25, 0.3) is 5.91 Å². The first-order chi connectivity index (χ1) is 10.8. The number of amides is 1. The van der Waals surface area contributed by atoms with Crippen LogP contribution >= 0.6 is 0 Å². The van der Waals surface area contributed by atoms with E-state index in [-0.39, 0.29) is 11.4 Å². The summed E-state index contributed by atoms with van der Waals surface area (Å²) in [6.45, 7) is 11.8. The Hall–Kier alpha value is -1.62. The maximum absolute atomic E-state index is 12.3. The van der Waals surface area contributed by atoms with Crippen LogP contribution in [0.5, 0.6) is 5.88 Å². The maximum Gasteiger partial charge on any atom is 0.252 e. The fraction of sp³-hybridized carbons (Fsp3) is 0.667. The number of hydrogen-bond donors (Lipinski definition) is 1. The lowest BCUT2D eigenvalue weighted by Crippen LogP contribution is -2.56. The summed E-state index contributed by atoms with van der Waals surface area (Å²) in [4.78, 5) is 18.9. The molecule has 5 heteroatoms. The van der Waals surface area contributed by atoms with E-state index < -0.39 is 0 Å². The van der Waals surface area contributed by atoms with Crippen LogP contribution in [0.15, 0.2) is 18.3 Å². The Morgan fingerprint density at radius 2 is 2.00 bits per heavy atom. The Morgan fingerprint density at radius 3 is 2.52 bits per heavy atom. The molecule has 2 atom stereocenters. The van der Waals surface area contributed by atoms with Gasteiger partial charge in [0, 0.05) is 37.4 Å². The molecule has 1 aliphatic heterocycles. The Balaban J connectivity index is 1.93. The minimum atomic E-state index is -0.0914. The number of rotatable bonds is 5. The first-order valence-electron chi connectivity index (χ1n) is 8.35. The predicted molar refractivity (Wildman–Crippen MR) is 91.7 cm³/mol. The van der Waals surface area contributed by atoms with Crippen LogP contribution in [0.3, 0.4) is 0 Å². The van der Waals surface area contributed by atoms with E-state index in [1.807, 2.05) is 0 Å². The molecule has 5 nitrogen and oxygen atoms in total. The van der Waals surface area contributed by atoms with Crippen LogP contribution < -0.4 is 10.1 Å². The van der Waals surface area contributed by atoms with E-state index in [2.05, 4.69) is 42.9 Å². The van der Waals surface area contributed by atoms with Crippen molar-refractivity contribution in [2.75, 3.05) is 26.7 Å². The van der Waals surface area contributed by atoms with Crippen molar-refractivity contribution >= 4 is 5.91 Å². The van der Waals surface area contributed by atoms with Crippen molar-refractivity contribution < 1.29 is 9.53 Å². The maximum atomic E-state index is 12.3. The highest BCUT2D eigenvalue weighted by Gasteiger charge is 2.32. The highest BCUT2D eigenvalue weighted by Crippen LogP contribution is 2.26. The molecule has 0 spiro atoms. The number of pyridine rings is 1. The van der Waals surface area contributed by atoms with Crippen molar-refractivity contribution in [3.63, 3.8) is 0 Å². The molecular formula is C18H29N3O2. The van der Waals surface area contributed by atoms with Crippen LogP contribution in [-0.4, -0.2) is 48.1 Å². The SMILES string of the molecule is COc1ccc(C(=O)NCC(C)(C)N2CC(C)CC(C)C2)cn1. The number of piperidine rings is 1. The van der Waals surface area contributed by atoms with E-state index in [9.17, 15) is 4.79 Å². The summed E-state index contributed by atoms with van der Waals surface area (Å²) >= 11 is 0. The van der Waals surface area contributed by atoms with E-state index in [4.69, 9.17) is 4.74 Å². The summed E-state index contributed by atoms with van der Waals surface area (Å²) in [7, 11) is 1.56. The Bertz CT molecular complexity index is 518. The van der Waals surface area contributed by atoms with Gasteiger partial charge in [-0.3, -0.25) is 9.69 Å². The molecule has 1 fully saturated rings. The zero-order valence-electron chi connectivity index (χ0n) is 14.9. The van der Waals surface area contributed by atoms with Gasteiger partial charge >= 0.3 is 0 Å². The number of nitrogens with zero attached hydrogens (tertiary/aromatic N) is 2. The van der Waals surface area contributed by atoms with Gasteiger partial charge in [-0.15, -0.1) is 0 Å². The van der Waals surface area contributed by atoms with Gasteiger partial charge in [0.2, 0.25) is 5.88 Å². The van der Waals surface area contributed by atoms with Gasteiger partial charge in [-0.25, -0.2) is 4.98 Å². The molecule has 1 aromatic heterocycles. The number of ether oxygens (including phenoxy) is 1. The summed E-state index contributed by atoms with van der Waals surface area (Å²) in [5.41, 5.74) is 0.500.